The molecule has 76 valence electrons. The molecule has 2 rings (SSSR count). The Bertz CT molecular complexity index is 204. The molecule has 2 aliphatic rings. The van der Waals surface area contributed by atoms with Crippen molar-refractivity contribution in [3.63, 3.8) is 0 Å². The van der Waals surface area contributed by atoms with Crippen molar-refractivity contribution in [2.75, 3.05) is 13.1 Å². The molecule has 1 heterocycles. The first-order valence-electron chi connectivity index (χ1n) is 5.43. The summed E-state index contributed by atoms with van der Waals surface area (Å²) < 4.78 is 0. The SMILES string of the molecule is CC1(C)CN(C2CC2)C(C)(C)CN1. The Morgan fingerprint density at radius 3 is 2.31 bits per heavy atom. The summed E-state index contributed by atoms with van der Waals surface area (Å²) in [5.74, 6) is 0. The van der Waals surface area contributed by atoms with Gasteiger partial charge in [-0.1, -0.05) is 0 Å². The highest BCUT2D eigenvalue weighted by Gasteiger charge is 2.44. The van der Waals surface area contributed by atoms with Crippen molar-refractivity contribution in [3.05, 3.63) is 0 Å². The van der Waals surface area contributed by atoms with Crippen molar-refractivity contribution in [2.45, 2.75) is 57.7 Å². The Kier molecular flexibility index (Phi) is 1.97. The van der Waals surface area contributed by atoms with Gasteiger partial charge in [-0.3, -0.25) is 4.90 Å². The van der Waals surface area contributed by atoms with Crippen molar-refractivity contribution in [3.8, 4) is 0 Å². The molecule has 0 aromatic heterocycles. The fraction of sp³-hybridized carbons (Fsp3) is 1.00. The molecule has 1 aliphatic heterocycles. The highest BCUT2D eigenvalue weighted by atomic mass is 15.3. The third kappa shape index (κ3) is 1.89. The van der Waals surface area contributed by atoms with Crippen LogP contribution in [0.15, 0.2) is 0 Å². The molecular weight excluding hydrogens is 160 g/mol. The second kappa shape index (κ2) is 2.71. The average molecular weight is 182 g/mol. The molecule has 1 aliphatic carbocycles. The molecule has 0 aromatic carbocycles. The molecular formula is C11H22N2. The summed E-state index contributed by atoms with van der Waals surface area (Å²) in [5, 5.41) is 3.62. The standard InChI is InChI=1S/C11H22N2/c1-10(2)8-13(9-5-6-9)11(3,4)7-12-10/h9,12H,5-8H2,1-4H3. The lowest BCUT2D eigenvalue weighted by Crippen LogP contribution is -2.66. The van der Waals surface area contributed by atoms with Crippen molar-refractivity contribution < 1.29 is 0 Å². The normalized spacial score (nSPS) is 33.2. The quantitative estimate of drug-likeness (QED) is 0.663. The summed E-state index contributed by atoms with van der Waals surface area (Å²) in [6.07, 6.45) is 2.83. The van der Waals surface area contributed by atoms with E-state index in [1.807, 2.05) is 0 Å². The zero-order valence-corrected chi connectivity index (χ0v) is 9.35. The smallest absolute Gasteiger partial charge is 0.0281 e. The van der Waals surface area contributed by atoms with Gasteiger partial charge in [-0.15, -0.1) is 0 Å². The van der Waals surface area contributed by atoms with Crippen LogP contribution in [-0.2, 0) is 0 Å². The minimum Gasteiger partial charge on any atom is -0.309 e. The number of hydrogen-bond acceptors (Lipinski definition) is 2. The highest BCUT2D eigenvalue weighted by Crippen LogP contribution is 2.35. The largest absolute Gasteiger partial charge is 0.309 e. The van der Waals surface area contributed by atoms with Crippen LogP contribution in [0.4, 0.5) is 0 Å². The van der Waals surface area contributed by atoms with Crippen LogP contribution >= 0.6 is 0 Å². The van der Waals surface area contributed by atoms with Crippen LogP contribution < -0.4 is 5.32 Å². The fourth-order valence-corrected chi connectivity index (χ4v) is 2.26. The highest BCUT2D eigenvalue weighted by molar-refractivity contribution is 5.03. The van der Waals surface area contributed by atoms with Crippen LogP contribution in [0.25, 0.3) is 0 Å². The zero-order valence-electron chi connectivity index (χ0n) is 9.35. The van der Waals surface area contributed by atoms with E-state index in [9.17, 15) is 0 Å². The second-order valence-electron chi connectivity index (χ2n) is 5.91. The Morgan fingerprint density at radius 1 is 1.15 bits per heavy atom. The second-order valence-corrected chi connectivity index (χ2v) is 5.91. The first-order chi connectivity index (χ1) is 5.91. The van der Waals surface area contributed by atoms with Crippen LogP contribution in [0.3, 0.4) is 0 Å². The van der Waals surface area contributed by atoms with E-state index >= 15 is 0 Å². The summed E-state index contributed by atoms with van der Waals surface area (Å²) in [5.41, 5.74) is 0.662. The minimum absolute atomic E-state index is 0.304. The lowest BCUT2D eigenvalue weighted by Gasteiger charge is -2.50. The molecule has 2 heteroatoms. The van der Waals surface area contributed by atoms with E-state index < -0.39 is 0 Å². The summed E-state index contributed by atoms with van der Waals surface area (Å²) in [7, 11) is 0. The van der Waals surface area contributed by atoms with Gasteiger partial charge in [0.05, 0.1) is 0 Å². The molecule has 1 saturated carbocycles. The molecule has 1 N–H and O–H groups in total. The maximum Gasteiger partial charge on any atom is 0.0281 e. The predicted octanol–water partition coefficient (Wildman–Crippen LogP) is 1.61. The Morgan fingerprint density at radius 2 is 1.77 bits per heavy atom. The molecule has 2 fully saturated rings. The molecule has 0 amide bonds. The molecule has 0 unspecified atom stereocenters. The molecule has 0 bridgehead atoms. The predicted molar refractivity (Wildman–Crippen MR) is 55.9 cm³/mol. The molecule has 1 saturated heterocycles. The van der Waals surface area contributed by atoms with E-state index in [1.54, 1.807) is 0 Å². The third-order valence-corrected chi connectivity index (χ3v) is 3.33. The number of nitrogens with one attached hydrogen (secondary N) is 1. The number of nitrogens with zero attached hydrogens (tertiary/aromatic N) is 1. The first-order valence-corrected chi connectivity index (χ1v) is 5.43. The molecule has 13 heavy (non-hydrogen) atoms. The zero-order chi connectivity index (χ0) is 9.69. The van der Waals surface area contributed by atoms with Crippen molar-refractivity contribution in [2.24, 2.45) is 0 Å². The van der Waals surface area contributed by atoms with Crippen molar-refractivity contribution >= 4 is 0 Å². The summed E-state index contributed by atoms with van der Waals surface area (Å²) >= 11 is 0. The van der Waals surface area contributed by atoms with Gasteiger partial charge >= 0.3 is 0 Å². The van der Waals surface area contributed by atoms with Crippen molar-refractivity contribution in [1.82, 2.24) is 10.2 Å². The van der Waals surface area contributed by atoms with Gasteiger partial charge in [0.2, 0.25) is 0 Å². The van der Waals surface area contributed by atoms with Crippen LogP contribution in [0.2, 0.25) is 0 Å². The van der Waals surface area contributed by atoms with E-state index in [0.717, 1.165) is 12.6 Å². The van der Waals surface area contributed by atoms with E-state index in [-0.39, 0.29) is 0 Å². The van der Waals surface area contributed by atoms with Gasteiger partial charge in [-0.2, -0.15) is 0 Å². The molecule has 0 spiro atoms. The monoisotopic (exact) mass is 182 g/mol. The average Bonchev–Trinajstić information content (AvgIpc) is 2.78. The van der Waals surface area contributed by atoms with Crippen LogP contribution in [0.1, 0.15) is 40.5 Å². The number of piperazine rings is 1. The van der Waals surface area contributed by atoms with E-state index in [0.29, 0.717) is 11.1 Å². The van der Waals surface area contributed by atoms with Crippen LogP contribution in [-0.4, -0.2) is 35.1 Å². The third-order valence-electron chi connectivity index (χ3n) is 3.33. The van der Waals surface area contributed by atoms with Crippen molar-refractivity contribution in [1.29, 1.82) is 0 Å². The Labute approximate surface area is 81.7 Å². The van der Waals surface area contributed by atoms with Gasteiger partial charge < -0.3 is 5.32 Å². The van der Waals surface area contributed by atoms with Gasteiger partial charge in [0, 0.05) is 30.2 Å². The van der Waals surface area contributed by atoms with Gasteiger partial charge in [0.25, 0.3) is 0 Å². The van der Waals surface area contributed by atoms with E-state index in [4.69, 9.17) is 0 Å². The first kappa shape index (κ1) is 9.47. The van der Waals surface area contributed by atoms with Crippen LogP contribution in [0.5, 0.6) is 0 Å². The molecule has 0 radical (unpaired) electrons. The lowest BCUT2D eigenvalue weighted by molar-refractivity contribution is 0.0321. The summed E-state index contributed by atoms with van der Waals surface area (Å²) in [6.45, 7) is 11.6. The molecule has 0 atom stereocenters. The minimum atomic E-state index is 0.304. The Balaban J connectivity index is 2.10. The topological polar surface area (TPSA) is 15.3 Å². The van der Waals surface area contributed by atoms with E-state index in [1.165, 1.54) is 19.4 Å². The summed E-state index contributed by atoms with van der Waals surface area (Å²) in [6, 6.07) is 0.886. The summed E-state index contributed by atoms with van der Waals surface area (Å²) in [4.78, 5) is 2.70. The molecule has 0 aromatic rings. The lowest BCUT2D eigenvalue weighted by atomic mass is 9.91. The van der Waals surface area contributed by atoms with Gasteiger partial charge in [-0.05, 0) is 40.5 Å². The van der Waals surface area contributed by atoms with Gasteiger partial charge in [-0.25, -0.2) is 0 Å². The van der Waals surface area contributed by atoms with Crippen LogP contribution in [0, 0.1) is 0 Å². The maximum atomic E-state index is 3.62. The maximum absolute atomic E-state index is 3.62. The fourth-order valence-electron chi connectivity index (χ4n) is 2.26. The Hall–Kier alpha value is -0.0800. The number of rotatable bonds is 1. The number of hydrogen-bond donors (Lipinski definition) is 1. The van der Waals surface area contributed by atoms with E-state index in [2.05, 4.69) is 37.9 Å². The van der Waals surface area contributed by atoms with Gasteiger partial charge in [0.1, 0.15) is 0 Å². The molecule has 2 nitrogen and oxygen atoms in total. The van der Waals surface area contributed by atoms with Gasteiger partial charge in [0.15, 0.2) is 0 Å².